The molecule has 1 saturated heterocycles. The van der Waals surface area contributed by atoms with E-state index in [2.05, 4.69) is 18.2 Å². The molecule has 3 heteroatoms. The molecular weight excluding hydrogens is 176 g/mol. The van der Waals surface area contributed by atoms with Crippen LogP contribution in [0.1, 0.15) is 26.2 Å². The van der Waals surface area contributed by atoms with Crippen molar-refractivity contribution in [2.75, 3.05) is 19.7 Å². The van der Waals surface area contributed by atoms with E-state index in [0.29, 0.717) is 12.6 Å². The van der Waals surface area contributed by atoms with Crippen molar-refractivity contribution in [3.63, 3.8) is 0 Å². The molecule has 1 aliphatic rings. The van der Waals surface area contributed by atoms with Gasteiger partial charge < -0.3 is 15.8 Å². The minimum Gasteiger partial charge on any atom is -0.378 e. The summed E-state index contributed by atoms with van der Waals surface area (Å²) in [6, 6.07) is 0. The summed E-state index contributed by atoms with van der Waals surface area (Å²) in [6.07, 6.45) is 8.23. The Labute approximate surface area is 86.4 Å². The van der Waals surface area contributed by atoms with E-state index in [0.717, 1.165) is 32.4 Å². The van der Waals surface area contributed by atoms with Gasteiger partial charge in [-0.1, -0.05) is 0 Å². The van der Waals surface area contributed by atoms with Gasteiger partial charge in [-0.3, -0.25) is 0 Å². The number of terminal acetylenes is 1. The maximum absolute atomic E-state index is 5.81. The number of hydrogen-bond donors (Lipinski definition) is 2. The number of ether oxygens (including phenoxy) is 1. The van der Waals surface area contributed by atoms with Crippen LogP contribution in [0, 0.1) is 12.3 Å². The number of nitrogens with two attached hydrogens (primary N) is 1. The maximum atomic E-state index is 5.81. The lowest BCUT2D eigenvalue weighted by atomic mass is 9.87. The molecule has 0 bridgehead atoms. The van der Waals surface area contributed by atoms with Gasteiger partial charge in [0.25, 0.3) is 0 Å². The van der Waals surface area contributed by atoms with Gasteiger partial charge >= 0.3 is 0 Å². The van der Waals surface area contributed by atoms with Gasteiger partial charge in [0.15, 0.2) is 0 Å². The summed E-state index contributed by atoms with van der Waals surface area (Å²) in [6.45, 7) is 4.39. The Kier molecular flexibility index (Phi) is 4.40. The van der Waals surface area contributed by atoms with E-state index in [4.69, 9.17) is 16.9 Å². The van der Waals surface area contributed by atoms with E-state index in [1.165, 1.54) is 0 Å². The van der Waals surface area contributed by atoms with Crippen molar-refractivity contribution in [1.82, 2.24) is 5.32 Å². The fourth-order valence-corrected chi connectivity index (χ4v) is 1.98. The largest absolute Gasteiger partial charge is 0.378 e. The van der Waals surface area contributed by atoms with E-state index in [1.54, 1.807) is 0 Å². The first-order valence-electron chi connectivity index (χ1n) is 5.22. The van der Waals surface area contributed by atoms with E-state index >= 15 is 0 Å². The molecule has 0 saturated carbocycles. The molecular formula is C11H20N2O. The molecule has 0 aliphatic carbocycles. The van der Waals surface area contributed by atoms with Gasteiger partial charge in [0.05, 0.1) is 6.10 Å². The first kappa shape index (κ1) is 11.5. The smallest absolute Gasteiger partial charge is 0.0565 e. The SMILES string of the molecule is C#CCCNC1(CN)CCOC(C)C1. The third-order valence-electron chi connectivity index (χ3n) is 2.82. The highest BCUT2D eigenvalue weighted by molar-refractivity contribution is 4.95. The molecule has 0 aromatic rings. The summed E-state index contributed by atoms with van der Waals surface area (Å²) in [5, 5.41) is 3.47. The third kappa shape index (κ3) is 2.98. The van der Waals surface area contributed by atoms with Gasteiger partial charge in [-0.2, -0.15) is 0 Å². The number of nitrogens with one attached hydrogen (secondary N) is 1. The maximum Gasteiger partial charge on any atom is 0.0565 e. The molecule has 1 aliphatic heterocycles. The molecule has 0 spiro atoms. The monoisotopic (exact) mass is 196 g/mol. The standard InChI is InChI=1S/C11H20N2O/c1-3-4-6-13-11(9-12)5-7-14-10(2)8-11/h1,10,13H,4-9,12H2,2H3. The molecule has 80 valence electrons. The molecule has 2 unspecified atom stereocenters. The Morgan fingerprint density at radius 1 is 1.71 bits per heavy atom. The first-order valence-corrected chi connectivity index (χ1v) is 5.22. The summed E-state index contributed by atoms with van der Waals surface area (Å²) < 4.78 is 5.51. The van der Waals surface area contributed by atoms with Crippen molar-refractivity contribution < 1.29 is 4.74 Å². The Morgan fingerprint density at radius 2 is 2.50 bits per heavy atom. The van der Waals surface area contributed by atoms with Crippen LogP contribution in [-0.2, 0) is 4.74 Å². The van der Waals surface area contributed by atoms with Crippen LogP contribution < -0.4 is 11.1 Å². The van der Waals surface area contributed by atoms with E-state index < -0.39 is 0 Å². The lowest BCUT2D eigenvalue weighted by Crippen LogP contribution is -2.56. The zero-order valence-corrected chi connectivity index (χ0v) is 8.88. The van der Waals surface area contributed by atoms with Crippen molar-refractivity contribution in [3.8, 4) is 12.3 Å². The normalized spacial score (nSPS) is 32.5. The lowest BCUT2D eigenvalue weighted by molar-refractivity contribution is -0.0159. The average Bonchev–Trinajstić information content (AvgIpc) is 2.18. The minimum absolute atomic E-state index is 0.0501. The van der Waals surface area contributed by atoms with Crippen LogP contribution >= 0.6 is 0 Å². The molecule has 1 fully saturated rings. The van der Waals surface area contributed by atoms with Gasteiger partial charge in [0.2, 0.25) is 0 Å². The fraction of sp³-hybridized carbons (Fsp3) is 0.818. The summed E-state index contributed by atoms with van der Waals surface area (Å²) >= 11 is 0. The van der Waals surface area contributed by atoms with Crippen molar-refractivity contribution in [2.45, 2.75) is 37.8 Å². The van der Waals surface area contributed by atoms with Crippen LogP contribution in [0.25, 0.3) is 0 Å². The van der Waals surface area contributed by atoms with Gasteiger partial charge in [-0.05, 0) is 19.8 Å². The minimum atomic E-state index is 0.0501. The number of hydrogen-bond acceptors (Lipinski definition) is 3. The second-order valence-corrected chi connectivity index (χ2v) is 4.00. The van der Waals surface area contributed by atoms with Crippen LogP contribution in [0.4, 0.5) is 0 Å². The Morgan fingerprint density at radius 3 is 3.07 bits per heavy atom. The molecule has 0 amide bonds. The molecule has 2 atom stereocenters. The summed E-state index contributed by atoms with van der Waals surface area (Å²) in [5.41, 5.74) is 5.86. The van der Waals surface area contributed by atoms with Gasteiger partial charge in [-0.15, -0.1) is 12.3 Å². The second kappa shape index (κ2) is 5.35. The Balaban J connectivity index is 2.44. The van der Waals surface area contributed by atoms with Crippen LogP contribution in [0.3, 0.4) is 0 Å². The van der Waals surface area contributed by atoms with Crippen molar-refractivity contribution >= 4 is 0 Å². The highest BCUT2D eigenvalue weighted by atomic mass is 16.5. The second-order valence-electron chi connectivity index (χ2n) is 4.00. The van der Waals surface area contributed by atoms with Crippen LogP contribution in [0.5, 0.6) is 0 Å². The summed E-state index contributed by atoms with van der Waals surface area (Å²) in [5.74, 6) is 2.63. The van der Waals surface area contributed by atoms with Crippen LogP contribution in [0.2, 0.25) is 0 Å². The molecule has 0 aromatic carbocycles. The van der Waals surface area contributed by atoms with Gasteiger partial charge in [-0.25, -0.2) is 0 Å². The molecule has 3 N–H and O–H groups in total. The zero-order valence-electron chi connectivity index (χ0n) is 8.88. The van der Waals surface area contributed by atoms with Crippen molar-refractivity contribution in [3.05, 3.63) is 0 Å². The molecule has 14 heavy (non-hydrogen) atoms. The molecule has 3 nitrogen and oxygen atoms in total. The zero-order chi connectivity index (χ0) is 10.4. The van der Waals surface area contributed by atoms with E-state index in [1.807, 2.05) is 0 Å². The Hall–Kier alpha value is -0.560. The average molecular weight is 196 g/mol. The van der Waals surface area contributed by atoms with E-state index in [-0.39, 0.29) is 5.54 Å². The quantitative estimate of drug-likeness (QED) is 0.508. The molecule has 0 aromatic heterocycles. The summed E-state index contributed by atoms with van der Waals surface area (Å²) in [7, 11) is 0. The van der Waals surface area contributed by atoms with Crippen molar-refractivity contribution in [2.24, 2.45) is 5.73 Å². The van der Waals surface area contributed by atoms with Gasteiger partial charge in [0.1, 0.15) is 0 Å². The third-order valence-corrected chi connectivity index (χ3v) is 2.82. The predicted octanol–water partition coefficient (Wildman–Crippen LogP) is 0.496. The predicted molar refractivity (Wildman–Crippen MR) is 57.9 cm³/mol. The molecule has 0 radical (unpaired) electrons. The fourth-order valence-electron chi connectivity index (χ4n) is 1.98. The topological polar surface area (TPSA) is 47.3 Å². The summed E-state index contributed by atoms with van der Waals surface area (Å²) in [4.78, 5) is 0. The van der Waals surface area contributed by atoms with Crippen molar-refractivity contribution in [1.29, 1.82) is 0 Å². The number of rotatable bonds is 4. The highest BCUT2D eigenvalue weighted by Crippen LogP contribution is 2.23. The van der Waals surface area contributed by atoms with Crippen LogP contribution in [-0.4, -0.2) is 31.3 Å². The van der Waals surface area contributed by atoms with Gasteiger partial charge in [0, 0.05) is 31.7 Å². The van der Waals surface area contributed by atoms with Crippen LogP contribution in [0.15, 0.2) is 0 Å². The highest BCUT2D eigenvalue weighted by Gasteiger charge is 2.33. The Bertz CT molecular complexity index is 212. The van der Waals surface area contributed by atoms with E-state index in [9.17, 15) is 0 Å². The molecule has 1 rings (SSSR count). The molecule has 1 heterocycles. The lowest BCUT2D eigenvalue weighted by Gasteiger charge is -2.40. The first-order chi connectivity index (χ1) is 6.72.